The van der Waals surface area contributed by atoms with E-state index >= 15 is 0 Å². The minimum absolute atomic E-state index is 0.0860. The lowest BCUT2D eigenvalue weighted by atomic mass is 10.0. The van der Waals surface area contributed by atoms with Crippen LogP contribution in [0.1, 0.15) is 17.2 Å². The summed E-state index contributed by atoms with van der Waals surface area (Å²) in [5.74, 6) is 0.622. The van der Waals surface area contributed by atoms with Crippen LogP contribution in [0.25, 0.3) is 0 Å². The SMILES string of the molecule is CN=C(NCCOC)NCC(c1ccc(C(F)(F)F)cc1)N1CCOCC1. The average molecular weight is 388 g/mol. The Labute approximate surface area is 157 Å². The van der Waals surface area contributed by atoms with Crippen molar-refractivity contribution in [2.24, 2.45) is 4.99 Å². The van der Waals surface area contributed by atoms with E-state index in [2.05, 4.69) is 20.5 Å². The lowest BCUT2D eigenvalue weighted by Crippen LogP contribution is -2.46. The van der Waals surface area contributed by atoms with Gasteiger partial charge in [0.1, 0.15) is 0 Å². The molecule has 1 fully saturated rings. The molecule has 0 aliphatic carbocycles. The van der Waals surface area contributed by atoms with E-state index in [-0.39, 0.29) is 6.04 Å². The molecule has 1 heterocycles. The van der Waals surface area contributed by atoms with Gasteiger partial charge in [-0.05, 0) is 17.7 Å². The molecule has 1 aromatic rings. The summed E-state index contributed by atoms with van der Waals surface area (Å²) in [6, 6.07) is 5.28. The molecule has 0 amide bonds. The smallest absolute Gasteiger partial charge is 0.383 e. The fourth-order valence-electron chi connectivity index (χ4n) is 2.93. The van der Waals surface area contributed by atoms with Gasteiger partial charge in [-0.15, -0.1) is 0 Å². The molecule has 1 saturated heterocycles. The van der Waals surface area contributed by atoms with Crippen LogP contribution in [0.5, 0.6) is 0 Å². The number of nitrogens with zero attached hydrogens (tertiary/aromatic N) is 2. The summed E-state index contributed by atoms with van der Waals surface area (Å²) >= 11 is 0. The number of benzene rings is 1. The molecule has 0 bridgehead atoms. The molecule has 0 saturated carbocycles. The number of morpholine rings is 1. The molecule has 0 aromatic heterocycles. The van der Waals surface area contributed by atoms with E-state index in [1.807, 2.05) is 0 Å². The zero-order chi connectivity index (χ0) is 19.7. The monoisotopic (exact) mass is 388 g/mol. The zero-order valence-electron chi connectivity index (χ0n) is 15.7. The maximum absolute atomic E-state index is 12.8. The second-order valence-electron chi connectivity index (χ2n) is 6.16. The predicted molar refractivity (Wildman–Crippen MR) is 97.8 cm³/mol. The Kier molecular flexibility index (Phi) is 8.33. The highest BCUT2D eigenvalue weighted by Gasteiger charge is 2.31. The van der Waals surface area contributed by atoms with Crippen LogP contribution in [-0.2, 0) is 15.7 Å². The van der Waals surface area contributed by atoms with Crippen molar-refractivity contribution in [3.8, 4) is 0 Å². The van der Waals surface area contributed by atoms with Gasteiger partial charge in [0.25, 0.3) is 0 Å². The van der Waals surface area contributed by atoms with Gasteiger partial charge in [-0.25, -0.2) is 0 Å². The summed E-state index contributed by atoms with van der Waals surface area (Å²) < 4.78 is 49.0. The molecule has 152 valence electrons. The third-order valence-corrected chi connectivity index (χ3v) is 4.39. The van der Waals surface area contributed by atoms with Crippen LogP contribution in [0.15, 0.2) is 29.3 Å². The number of aliphatic imine (C=N–C) groups is 1. The summed E-state index contributed by atoms with van der Waals surface area (Å²) in [6.07, 6.45) is -4.33. The fourth-order valence-corrected chi connectivity index (χ4v) is 2.93. The highest BCUT2D eigenvalue weighted by Crippen LogP contribution is 2.31. The minimum Gasteiger partial charge on any atom is -0.383 e. The molecule has 1 aliphatic heterocycles. The highest BCUT2D eigenvalue weighted by molar-refractivity contribution is 5.79. The third kappa shape index (κ3) is 6.67. The standard InChI is InChI=1S/C18H27F3N4O2/c1-22-17(23-7-10-26-2)24-13-16(25-8-11-27-12-9-25)14-3-5-15(6-4-14)18(19,20)21/h3-6,16H,7-13H2,1-2H3,(H2,22,23,24). The Morgan fingerprint density at radius 1 is 1.22 bits per heavy atom. The molecule has 2 rings (SSSR count). The molecule has 2 N–H and O–H groups in total. The van der Waals surface area contributed by atoms with E-state index in [1.54, 1.807) is 26.3 Å². The molecule has 0 radical (unpaired) electrons. The number of nitrogens with one attached hydrogen (secondary N) is 2. The van der Waals surface area contributed by atoms with Gasteiger partial charge in [0.15, 0.2) is 5.96 Å². The van der Waals surface area contributed by atoms with Gasteiger partial charge in [0.2, 0.25) is 0 Å². The van der Waals surface area contributed by atoms with Crippen molar-refractivity contribution in [3.05, 3.63) is 35.4 Å². The minimum atomic E-state index is -4.33. The topological polar surface area (TPSA) is 58.1 Å². The molecule has 27 heavy (non-hydrogen) atoms. The number of hydrogen-bond acceptors (Lipinski definition) is 4. The highest BCUT2D eigenvalue weighted by atomic mass is 19.4. The first-order valence-corrected chi connectivity index (χ1v) is 8.88. The Hall–Kier alpha value is -1.84. The molecule has 1 aromatic carbocycles. The van der Waals surface area contributed by atoms with Gasteiger partial charge in [0.05, 0.1) is 31.4 Å². The second-order valence-corrected chi connectivity index (χ2v) is 6.16. The van der Waals surface area contributed by atoms with Crippen molar-refractivity contribution in [3.63, 3.8) is 0 Å². The Morgan fingerprint density at radius 3 is 2.44 bits per heavy atom. The maximum atomic E-state index is 12.8. The first-order valence-electron chi connectivity index (χ1n) is 8.88. The lowest BCUT2D eigenvalue weighted by Gasteiger charge is -2.35. The van der Waals surface area contributed by atoms with Crippen LogP contribution >= 0.6 is 0 Å². The average Bonchev–Trinajstić information content (AvgIpc) is 2.67. The molecule has 0 spiro atoms. The molecular formula is C18H27F3N4O2. The van der Waals surface area contributed by atoms with Gasteiger partial charge >= 0.3 is 6.18 Å². The number of rotatable bonds is 7. The van der Waals surface area contributed by atoms with Crippen molar-refractivity contribution in [2.45, 2.75) is 12.2 Å². The van der Waals surface area contributed by atoms with Crippen molar-refractivity contribution >= 4 is 5.96 Å². The number of halogens is 3. The van der Waals surface area contributed by atoms with Crippen molar-refractivity contribution in [2.75, 3.05) is 60.2 Å². The van der Waals surface area contributed by atoms with Crippen molar-refractivity contribution < 1.29 is 22.6 Å². The largest absolute Gasteiger partial charge is 0.416 e. The predicted octanol–water partition coefficient (Wildman–Crippen LogP) is 1.89. The van der Waals surface area contributed by atoms with Crippen LogP contribution in [-0.4, -0.2) is 71.0 Å². The number of alkyl halides is 3. The number of hydrogen-bond donors (Lipinski definition) is 2. The summed E-state index contributed by atoms with van der Waals surface area (Å²) in [4.78, 5) is 6.37. The van der Waals surface area contributed by atoms with E-state index in [9.17, 15) is 13.2 Å². The van der Waals surface area contributed by atoms with Crippen molar-refractivity contribution in [1.82, 2.24) is 15.5 Å². The number of methoxy groups -OCH3 is 1. The summed E-state index contributed by atoms with van der Waals surface area (Å²) in [7, 11) is 3.29. The van der Waals surface area contributed by atoms with Crippen LogP contribution in [0.4, 0.5) is 13.2 Å². The van der Waals surface area contributed by atoms with Gasteiger partial charge < -0.3 is 20.1 Å². The Bertz CT molecular complexity index is 587. The second kappa shape index (κ2) is 10.5. The van der Waals surface area contributed by atoms with E-state index in [0.29, 0.717) is 38.9 Å². The van der Waals surface area contributed by atoms with Crippen LogP contribution in [0.2, 0.25) is 0 Å². The Balaban J connectivity index is 2.09. The molecule has 1 aliphatic rings. The van der Waals surface area contributed by atoms with Gasteiger partial charge in [-0.3, -0.25) is 9.89 Å². The zero-order valence-corrected chi connectivity index (χ0v) is 15.7. The summed E-state index contributed by atoms with van der Waals surface area (Å²) in [5.41, 5.74) is 0.182. The molecule has 6 nitrogen and oxygen atoms in total. The van der Waals surface area contributed by atoms with Crippen LogP contribution < -0.4 is 10.6 Å². The third-order valence-electron chi connectivity index (χ3n) is 4.39. The molecule has 1 unspecified atom stereocenters. The molecule has 1 atom stereocenters. The van der Waals surface area contributed by atoms with E-state index in [4.69, 9.17) is 9.47 Å². The lowest BCUT2D eigenvalue weighted by molar-refractivity contribution is -0.137. The summed E-state index contributed by atoms with van der Waals surface area (Å²) in [6.45, 7) is 4.34. The number of guanidine groups is 1. The normalized spacial score (nSPS) is 17.6. The van der Waals surface area contributed by atoms with Crippen LogP contribution in [0, 0.1) is 0 Å². The van der Waals surface area contributed by atoms with Crippen LogP contribution in [0.3, 0.4) is 0 Å². The molecule has 9 heteroatoms. The van der Waals surface area contributed by atoms with E-state index in [0.717, 1.165) is 30.8 Å². The molecular weight excluding hydrogens is 361 g/mol. The fraction of sp³-hybridized carbons (Fsp3) is 0.611. The first kappa shape index (κ1) is 21.5. The first-order chi connectivity index (χ1) is 13.0. The number of ether oxygens (including phenoxy) is 2. The van der Waals surface area contributed by atoms with E-state index in [1.165, 1.54) is 0 Å². The maximum Gasteiger partial charge on any atom is 0.416 e. The van der Waals surface area contributed by atoms with Gasteiger partial charge in [-0.2, -0.15) is 13.2 Å². The van der Waals surface area contributed by atoms with Gasteiger partial charge in [-0.1, -0.05) is 12.1 Å². The van der Waals surface area contributed by atoms with E-state index < -0.39 is 11.7 Å². The quantitative estimate of drug-likeness (QED) is 0.425. The Morgan fingerprint density at radius 2 is 1.89 bits per heavy atom. The van der Waals surface area contributed by atoms with Gasteiger partial charge in [0, 0.05) is 40.3 Å². The van der Waals surface area contributed by atoms with Crippen molar-refractivity contribution in [1.29, 1.82) is 0 Å². The summed E-state index contributed by atoms with van der Waals surface area (Å²) in [5, 5.41) is 6.38.